The number of hydroxylamine groups is 2. The second-order valence-corrected chi connectivity index (χ2v) is 14.8. The number of anilines is 1. The number of phosphoric ester groups is 2. The molecule has 1 aliphatic heterocycles. The summed E-state index contributed by atoms with van der Waals surface area (Å²) in [4.78, 5) is 99.2. The van der Waals surface area contributed by atoms with Crippen LogP contribution in [0.3, 0.4) is 0 Å². The SMILES string of the molecule is CCCCc1nc2c(N)nc3ccc(CCOCCNC(=O)CCC(=O)ON4C(=O)CCC4=O)cc3c2n1Cc1cc(OP(=O)(O)O)ccc1OP(=O)(O)O. The number of imide groups is 1. The minimum absolute atomic E-state index is 0.0304. The van der Waals surface area contributed by atoms with E-state index in [-0.39, 0.29) is 74.9 Å². The number of aryl methyl sites for hydroxylation is 1. The fourth-order valence-corrected chi connectivity index (χ4v) is 6.60. The first-order chi connectivity index (χ1) is 26.0. The second kappa shape index (κ2) is 17.7. The fourth-order valence-electron chi connectivity index (χ4n) is 5.78. The highest BCUT2D eigenvalue weighted by molar-refractivity contribution is 7.47. The Morgan fingerprint density at radius 1 is 0.927 bits per heavy atom. The van der Waals surface area contributed by atoms with Gasteiger partial charge in [-0.3, -0.25) is 34.0 Å². The van der Waals surface area contributed by atoms with Crippen molar-refractivity contribution in [3.63, 3.8) is 0 Å². The number of carbonyl (C=O) groups is 4. The molecular formula is C33H40N6O14P2. The van der Waals surface area contributed by atoms with Crippen LogP contribution in [0.4, 0.5) is 5.82 Å². The standard InChI is InChI=1S/C33H40N6O14P2/c1-2-3-4-26-37-31-32(38(26)19-21-18-22(52-54(44,45)46)6-8-25(21)53-55(47,48)49)23-17-20(5-7-24(23)36-33(31)34)13-15-50-16-14-35-27(40)9-12-30(43)51-39-28(41)10-11-29(39)42/h5-8,17-18H,2-4,9-16,19H2,1H3,(H2,34,36)(H,35,40)(H2,44,45,46)(H2,47,48,49). The number of hydrogen-bond donors (Lipinski definition) is 6. The number of ether oxygens (including phenoxy) is 1. The molecule has 22 heteroatoms. The number of unbranched alkanes of at least 4 members (excludes halogenated alkanes) is 1. The van der Waals surface area contributed by atoms with Gasteiger partial charge < -0.3 is 34.2 Å². The molecule has 5 rings (SSSR count). The first kappa shape index (κ1) is 41.2. The van der Waals surface area contributed by atoms with Gasteiger partial charge in [-0.25, -0.2) is 23.9 Å². The lowest BCUT2D eigenvalue weighted by Crippen LogP contribution is -2.33. The second-order valence-electron chi connectivity index (χ2n) is 12.5. The number of hydrogen-bond acceptors (Lipinski definition) is 13. The van der Waals surface area contributed by atoms with E-state index in [1.54, 1.807) is 10.6 Å². The van der Waals surface area contributed by atoms with Gasteiger partial charge in [-0.05, 0) is 48.7 Å². The summed E-state index contributed by atoms with van der Waals surface area (Å²) in [7, 11) is -10.0. The van der Waals surface area contributed by atoms with Gasteiger partial charge in [-0.15, -0.1) is 5.06 Å². The molecule has 1 saturated heterocycles. The van der Waals surface area contributed by atoms with Gasteiger partial charge in [0, 0.05) is 43.2 Å². The minimum Gasteiger partial charge on any atom is -0.404 e. The van der Waals surface area contributed by atoms with E-state index in [1.807, 2.05) is 19.1 Å². The molecule has 1 fully saturated rings. The number of nitrogens with one attached hydrogen (secondary N) is 1. The third-order valence-electron chi connectivity index (χ3n) is 8.26. The number of rotatable bonds is 19. The lowest BCUT2D eigenvalue weighted by Gasteiger charge is -2.17. The fraction of sp³-hybridized carbons (Fsp3) is 0.394. The van der Waals surface area contributed by atoms with E-state index in [0.29, 0.717) is 45.7 Å². The largest absolute Gasteiger partial charge is 0.524 e. The Morgan fingerprint density at radius 3 is 2.35 bits per heavy atom. The Kier molecular flexibility index (Phi) is 13.3. The quantitative estimate of drug-likeness (QED) is 0.0451. The summed E-state index contributed by atoms with van der Waals surface area (Å²) in [6.45, 7) is 2.49. The van der Waals surface area contributed by atoms with Crippen molar-refractivity contribution in [3.8, 4) is 11.5 Å². The maximum Gasteiger partial charge on any atom is 0.524 e. The Balaban J connectivity index is 1.29. The smallest absolute Gasteiger partial charge is 0.404 e. The molecular weight excluding hydrogens is 766 g/mol. The summed E-state index contributed by atoms with van der Waals surface area (Å²) in [5, 5.41) is 3.70. The normalized spacial score (nSPS) is 13.5. The molecule has 2 aromatic heterocycles. The van der Waals surface area contributed by atoms with E-state index < -0.39 is 39.3 Å². The van der Waals surface area contributed by atoms with Crippen molar-refractivity contribution in [2.24, 2.45) is 0 Å². The minimum atomic E-state index is -5.05. The van der Waals surface area contributed by atoms with Crippen LogP contribution in [0.25, 0.3) is 21.9 Å². The van der Waals surface area contributed by atoms with E-state index in [1.165, 1.54) is 6.07 Å². The van der Waals surface area contributed by atoms with Crippen molar-refractivity contribution in [2.45, 2.75) is 64.8 Å². The number of nitrogens with zero attached hydrogens (tertiary/aromatic N) is 4. The number of benzene rings is 2. The van der Waals surface area contributed by atoms with Crippen molar-refractivity contribution < 1.29 is 66.5 Å². The zero-order valence-corrected chi connectivity index (χ0v) is 31.4. The molecule has 0 unspecified atom stereocenters. The topological polar surface area (TPSA) is 292 Å². The van der Waals surface area contributed by atoms with Crippen molar-refractivity contribution in [1.82, 2.24) is 24.9 Å². The maximum atomic E-state index is 12.2. The summed E-state index contributed by atoms with van der Waals surface area (Å²) >= 11 is 0. The number of nitrogen functional groups attached to an aromatic ring is 1. The van der Waals surface area contributed by atoms with Crippen LogP contribution < -0.4 is 20.1 Å². The molecule has 20 nitrogen and oxygen atoms in total. The zero-order chi connectivity index (χ0) is 39.9. The van der Waals surface area contributed by atoms with Crippen molar-refractivity contribution in [2.75, 3.05) is 25.5 Å². The van der Waals surface area contributed by atoms with Crippen molar-refractivity contribution in [3.05, 3.63) is 53.3 Å². The number of carbonyl (C=O) groups excluding carboxylic acids is 4. The Hall–Kier alpha value is -4.94. The molecule has 0 spiro atoms. The molecule has 1 aliphatic rings. The number of aromatic nitrogens is 3. The van der Waals surface area contributed by atoms with Crippen LogP contribution >= 0.6 is 15.6 Å². The van der Waals surface area contributed by atoms with Gasteiger partial charge in [0.25, 0.3) is 11.8 Å². The number of fused-ring (bicyclic) bond motifs is 3. The van der Waals surface area contributed by atoms with Gasteiger partial charge in [0.15, 0.2) is 5.82 Å². The van der Waals surface area contributed by atoms with Crippen molar-refractivity contribution >= 4 is 67.1 Å². The monoisotopic (exact) mass is 806 g/mol. The zero-order valence-electron chi connectivity index (χ0n) is 29.6. The van der Waals surface area contributed by atoms with Crippen LogP contribution in [0.1, 0.15) is 62.4 Å². The van der Waals surface area contributed by atoms with E-state index in [4.69, 9.17) is 29.3 Å². The van der Waals surface area contributed by atoms with Crippen LogP contribution in [-0.2, 0) is 57.3 Å². The Bertz CT molecular complexity index is 2180. The molecule has 0 saturated carbocycles. The third kappa shape index (κ3) is 11.3. The third-order valence-corrected chi connectivity index (χ3v) is 9.14. The first-order valence-corrected chi connectivity index (χ1v) is 20.2. The molecule has 0 radical (unpaired) electrons. The summed E-state index contributed by atoms with van der Waals surface area (Å²) in [6.07, 6.45) is 1.92. The predicted octanol–water partition coefficient (Wildman–Crippen LogP) is 2.56. The van der Waals surface area contributed by atoms with Gasteiger partial charge >= 0.3 is 21.6 Å². The molecule has 0 bridgehead atoms. The molecule has 2 aromatic carbocycles. The summed E-state index contributed by atoms with van der Waals surface area (Å²) in [5.41, 5.74) is 8.83. The average molecular weight is 807 g/mol. The molecule has 55 heavy (non-hydrogen) atoms. The summed E-state index contributed by atoms with van der Waals surface area (Å²) in [6, 6.07) is 8.99. The lowest BCUT2D eigenvalue weighted by atomic mass is 10.1. The number of pyridine rings is 1. The van der Waals surface area contributed by atoms with E-state index in [0.717, 1.165) is 30.5 Å². The van der Waals surface area contributed by atoms with Gasteiger partial charge in [0.05, 0.1) is 37.2 Å². The van der Waals surface area contributed by atoms with Crippen LogP contribution in [0, 0.1) is 0 Å². The molecule has 0 atom stereocenters. The van der Waals surface area contributed by atoms with Gasteiger partial charge in [-0.1, -0.05) is 19.4 Å². The number of amides is 3. The molecule has 4 aromatic rings. The number of phosphoric acid groups is 2. The lowest BCUT2D eigenvalue weighted by molar-refractivity contribution is -0.197. The van der Waals surface area contributed by atoms with E-state index in [9.17, 15) is 47.9 Å². The van der Waals surface area contributed by atoms with Gasteiger partial charge in [-0.2, -0.15) is 0 Å². The van der Waals surface area contributed by atoms with Gasteiger partial charge in [0.2, 0.25) is 5.91 Å². The Morgan fingerprint density at radius 2 is 1.65 bits per heavy atom. The van der Waals surface area contributed by atoms with E-state index in [2.05, 4.69) is 10.3 Å². The molecule has 3 amide bonds. The maximum absolute atomic E-state index is 12.2. The van der Waals surface area contributed by atoms with Gasteiger partial charge in [0.1, 0.15) is 22.8 Å². The Labute approximate surface area is 313 Å². The van der Waals surface area contributed by atoms with Crippen LogP contribution in [0.5, 0.6) is 11.5 Å². The highest BCUT2D eigenvalue weighted by atomic mass is 31.2. The molecule has 7 N–H and O–H groups in total. The van der Waals surface area contributed by atoms with Crippen LogP contribution in [-0.4, -0.2) is 82.6 Å². The van der Waals surface area contributed by atoms with Crippen molar-refractivity contribution in [1.29, 1.82) is 0 Å². The summed E-state index contributed by atoms with van der Waals surface area (Å²) < 4.78 is 40.6. The summed E-state index contributed by atoms with van der Waals surface area (Å²) in [5.74, 6) is -2.31. The van der Waals surface area contributed by atoms with E-state index >= 15 is 0 Å². The predicted molar refractivity (Wildman–Crippen MR) is 193 cm³/mol. The van der Waals surface area contributed by atoms with Crippen LogP contribution in [0.15, 0.2) is 36.4 Å². The molecule has 0 aliphatic carbocycles. The first-order valence-electron chi connectivity index (χ1n) is 17.1. The highest BCUT2D eigenvalue weighted by Crippen LogP contribution is 2.43. The highest BCUT2D eigenvalue weighted by Gasteiger charge is 2.33. The molecule has 296 valence electrons. The number of imidazole rings is 1. The van der Waals surface area contributed by atoms with Crippen LogP contribution in [0.2, 0.25) is 0 Å². The average Bonchev–Trinajstić information content (AvgIpc) is 3.63. The molecule has 3 heterocycles. The number of nitrogens with two attached hydrogens (primary N) is 1.